The Bertz CT molecular complexity index is 1330. The van der Waals surface area contributed by atoms with Gasteiger partial charge >= 0.3 is 17.9 Å². The molecule has 6 nitrogen and oxygen atoms in total. The van der Waals surface area contributed by atoms with E-state index in [-0.39, 0.29) is 31.1 Å². The van der Waals surface area contributed by atoms with Crippen molar-refractivity contribution in [2.75, 3.05) is 13.2 Å². The molecule has 0 bridgehead atoms. The fourth-order valence-electron chi connectivity index (χ4n) is 8.03. The molecule has 0 aromatic rings. The topological polar surface area (TPSA) is 78.9 Å². The van der Waals surface area contributed by atoms with E-state index in [1.807, 2.05) is 0 Å². The van der Waals surface area contributed by atoms with Gasteiger partial charge in [0, 0.05) is 19.3 Å². The van der Waals surface area contributed by atoms with Crippen LogP contribution in [0.25, 0.3) is 0 Å². The zero-order valence-corrected chi connectivity index (χ0v) is 45.3. The molecule has 396 valence electrons. The van der Waals surface area contributed by atoms with Gasteiger partial charge in [-0.15, -0.1) is 0 Å². The van der Waals surface area contributed by atoms with Gasteiger partial charge in [0.2, 0.25) is 0 Å². The Labute approximate surface area is 426 Å². The molecule has 0 aromatic carbocycles. The maximum atomic E-state index is 12.8. The van der Waals surface area contributed by atoms with Gasteiger partial charge in [-0.05, 0) is 96.3 Å². The molecule has 0 rings (SSSR count). The van der Waals surface area contributed by atoms with Crippen LogP contribution in [0.5, 0.6) is 0 Å². The Morgan fingerprint density at radius 2 is 0.565 bits per heavy atom. The molecule has 0 heterocycles. The molecule has 1 unspecified atom stereocenters. The number of unbranched alkanes of at least 4 members (excludes halogenated alkanes) is 27. The number of ether oxygens (including phenoxy) is 3. The Kier molecular flexibility index (Phi) is 54.3. The van der Waals surface area contributed by atoms with Crippen molar-refractivity contribution >= 4 is 17.9 Å². The minimum absolute atomic E-state index is 0.0809. The molecule has 0 fully saturated rings. The third-order valence-corrected chi connectivity index (χ3v) is 12.4. The quantitative estimate of drug-likeness (QED) is 0.0262. The first kappa shape index (κ1) is 65.6. The molecule has 0 aliphatic heterocycles. The highest BCUT2D eigenvalue weighted by Crippen LogP contribution is 2.15. The fourth-order valence-corrected chi connectivity index (χ4v) is 8.03. The molecule has 0 N–H and O–H groups in total. The highest BCUT2D eigenvalue weighted by Gasteiger charge is 2.19. The van der Waals surface area contributed by atoms with Crippen molar-refractivity contribution in [3.8, 4) is 0 Å². The Hall–Kier alpha value is -3.41. The maximum absolute atomic E-state index is 12.8. The van der Waals surface area contributed by atoms with Gasteiger partial charge in [-0.1, -0.05) is 247 Å². The summed E-state index contributed by atoms with van der Waals surface area (Å²) in [5.41, 5.74) is 0. The highest BCUT2D eigenvalue weighted by molar-refractivity contribution is 5.71. The van der Waals surface area contributed by atoms with Crippen molar-refractivity contribution in [2.45, 2.75) is 284 Å². The lowest BCUT2D eigenvalue weighted by molar-refractivity contribution is -0.167. The minimum Gasteiger partial charge on any atom is -0.462 e. The van der Waals surface area contributed by atoms with E-state index in [2.05, 4.69) is 106 Å². The van der Waals surface area contributed by atoms with E-state index < -0.39 is 6.10 Å². The van der Waals surface area contributed by atoms with Crippen molar-refractivity contribution < 1.29 is 28.6 Å². The summed E-state index contributed by atoms with van der Waals surface area (Å²) >= 11 is 0. The number of carbonyl (C=O) groups excluding carboxylic acids is 3. The van der Waals surface area contributed by atoms with Crippen LogP contribution >= 0.6 is 0 Å². The summed E-state index contributed by atoms with van der Waals surface area (Å²) in [5.74, 6) is -0.899. The largest absolute Gasteiger partial charge is 0.462 e. The molecular formula is C63H108O6. The first-order valence-corrected chi connectivity index (χ1v) is 29.1. The SMILES string of the molecule is CC/C=C\C/C=C\C/C=C\C/C=C\C/C=C\C/C=C\CCCCCCCCC(=O)OCC(COC(=O)CCCCCCCCC)OC(=O)CCCCCCCCCCC/C=C\CCCCCCCC. The lowest BCUT2D eigenvalue weighted by Crippen LogP contribution is -2.30. The Morgan fingerprint density at radius 3 is 0.899 bits per heavy atom. The van der Waals surface area contributed by atoms with E-state index in [0.717, 1.165) is 109 Å². The van der Waals surface area contributed by atoms with Crippen LogP contribution in [-0.4, -0.2) is 37.2 Å². The Morgan fingerprint density at radius 1 is 0.304 bits per heavy atom. The van der Waals surface area contributed by atoms with Crippen molar-refractivity contribution in [3.05, 3.63) is 85.1 Å². The molecular weight excluding hydrogens is 853 g/mol. The van der Waals surface area contributed by atoms with Crippen molar-refractivity contribution in [1.82, 2.24) is 0 Å². The zero-order chi connectivity index (χ0) is 50.0. The van der Waals surface area contributed by atoms with E-state index in [1.165, 1.54) is 128 Å². The normalized spacial score (nSPS) is 12.7. The van der Waals surface area contributed by atoms with E-state index in [4.69, 9.17) is 14.2 Å². The predicted octanol–water partition coefficient (Wildman–Crippen LogP) is 19.5. The first-order valence-electron chi connectivity index (χ1n) is 29.1. The number of hydrogen-bond acceptors (Lipinski definition) is 6. The molecule has 0 spiro atoms. The van der Waals surface area contributed by atoms with Crippen molar-refractivity contribution in [1.29, 1.82) is 0 Å². The average molecular weight is 962 g/mol. The third-order valence-electron chi connectivity index (χ3n) is 12.4. The summed E-state index contributed by atoms with van der Waals surface area (Å²) in [6.07, 6.45) is 74.5. The minimum atomic E-state index is -0.781. The average Bonchev–Trinajstić information content (AvgIpc) is 3.35. The Balaban J connectivity index is 4.23. The van der Waals surface area contributed by atoms with E-state index in [1.54, 1.807) is 0 Å². The van der Waals surface area contributed by atoms with E-state index in [9.17, 15) is 14.4 Å². The van der Waals surface area contributed by atoms with Crippen LogP contribution in [0.3, 0.4) is 0 Å². The van der Waals surface area contributed by atoms with Crippen LogP contribution in [0.2, 0.25) is 0 Å². The third kappa shape index (κ3) is 55.4. The predicted molar refractivity (Wildman–Crippen MR) is 297 cm³/mol. The molecule has 6 heteroatoms. The first-order chi connectivity index (χ1) is 34.0. The molecule has 0 saturated carbocycles. The van der Waals surface area contributed by atoms with Crippen LogP contribution in [0.1, 0.15) is 278 Å². The van der Waals surface area contributed by atoms with Crippen molar-refractivity contribution in [3.63, 3.8) is 0 Å². The van der Waals surface area contributed by atoms with Gasteiger partial charge in [0.25, 0.3) is 0 Å². The molecule has 1 atom stereocenters. The summed E-state index contributed by atoms with van der Waals surface area (Å²) in [6, 6.07) is 0. The lowest BCUT2D eigenvalue weighted by atomic mass is 10.1. The fraction of sp³-hybridized carbons (Fsp3) is 0.730. The number of esters is 3. The second kappa shape index (κ2) is 57.2. The summed E-state index contributed by atoms with van der Waals surface area (Å²) in [6.45, 7) is 6.48. The van der Waals surface area contributed by atoms with Crippen LogP contribution in [0.15, 0.2) is 85.1 Å². The van der Waals surface area contributed by atoms with Gasteiger partial charge in [-0.3, -0.25) is 14.4 Å². The molecule has 69 heavy (non-hydrogen) atoms. The van der Waals surface area contributed by atoms with Gasteiger partial charge in [0.05, 0.1) is 0 Å². The molecule has 0 aliphatic carbocycles. The number of allylic oxidation sites excluding steroid dienone is 14. The number of carbonyl (C=O) groups is 3. The smallest absolute Gasteiger partial charge is 0.306 e. The summed E-state index contributed by atoms with van der Waals surface area (Å²) < 4.78 is 16.8. The monoisotopic (exact) mass is 961 g/mol. The van der Waals surface area contributed by atoms with Crippen molar-refractivity contribution in [2.24, 2.45) is 0 Å². The maximum Gasteiger partial charge on any atom is 0.306 e. The van der Waals surface area contributed by atoms with E-state index >= 15 is 0 Å². The van der Waals surface area contributed by atoms with Gasteiger partial charge in [0.1, 0.15) is 13.2 Å². The van der Waals surface area contributed by atoms with Gasteiger partial charge in [-0.25, -0.2) is 0 Å². The lowest BCUT2D eigenvalue weighted by Gasteiger charge is -2.18. The van der Waals surface area contributed by atoms with Gasteiger partial charge in [-0.2, -0.15) is 0 Å². The second-order valence-corrected chi connectivity index (χ2v) is 19.2. The summed E-state index contributed by atoms with van der Waals surface area (Å²) in [4.78, 5) is 38.0. The molecule has 0 aromatic heterocycles. The van der Waals surface area contributed by atoms with Crippen LogP contribution in [0.4, 0.5) is 0 Å². The van der Waals surface area contributed by atoms with Gasteiger partial charge < -0.3 is 14.2 Å². The molecule has 0 amide bonds. The molecule has 0 aliphatic rings. The number of rotatable bonds is 52. The molecule has 0 saturated heterocycles. The molecule has 0 radical (unpaired) electrons. The van der Waals surface area contributed by atoms with Gasteiger partial charge in [0.15, 0.2) is 6.10 Å². The summed E-state index contributed by atoms with van der Waals surface area (Å²) in [5, 5.41) is 0. The van der Waals surface area contributed by atoms with Crippen LogP contribution < -0.4 is 0 Å². The zero-order valence-electron chi connectivity index (χ0n) is 45.3. The van der Waals surface area contributed by atoms with Crippen LogP contribution in [0, 0.1) is 0 Å². The second-order valence-electron chi connectivity index (χ2n) is 19.2. The van der Waals surface area contributed by atoms with Crippen LogP contribution in [-0.2, 0) is 28.6 Å². The summed E-state index contributed by atoms with van der Waals surface area (Å²) in [7, 11) is 0. The highest BCUT2D eigenvalue weighted by atomic mass is 16.6. The standard InChI is InChI=1S/C63H108O6/c1-4-7-10-13-16-18-20-22-24-26-28-29-30-31-32-33-35-36-38-40-42-44-47-50-53-56-62(65)68-59-60(58-67-61(64)55-52-49-46-15-12-9-6-3)69-63(66)57-54-51-48-45-43-41-39-37-34-27-25-23-21-19-17-14-11-8-5-2/h7,10,16,18,22-25,28-29,31-32,35-36,60H,4-6,8-9,11-15,17,19-21,26-27,30,33-34,37-59H2,1-3H3/b10-7-,18-16-,24-22-,25-23-,29-28-,32-31-,36-35-. The van der Waals surface area contributed by atoms with E-state index in [0.29, 0.717) is 19.3 Å². The number of hydrogen-bond donors (Lipinski definition) is 0.